The molecule has 0 bridgehead atoms. The third kappa shape index (κ3) is 3.17. The molecule has 1 aromatic heterocycles. The number of aliphatic hydroxyl groups excluding tert-OH is 1. The molecular weight excluding hydrogens is 292 g/mol. The molecule has 6 nitrogen and oxygen atoms in total. The van der Waals surface area contributed by atoms with Gasteiger partial charge in [-0.3, -0.25) is 4.57 Å². The number of methoxy groups -OCH3 is 1. The third-order valence-corrected chi connectivity index (χ3v) is 4.69. The summed E-state index contributed by atoms with van der Waals surface area (Å²) in [5.41, 5.74) is 1.01. The Labute approximate surface area is 136 Å². The summed E-state index contributed by atoms with van der Waals surface area (Å²) in [6.45, 7) is 0. The van der Waals surface area contributed by atoms with Crippen LogP contribution in [0.25, 0.3) is 0 Å². The molecule has 124 valence electrons. The van der Waals surface area contributed by atoms with Crippen LogP contribution in [-0.2, 0) is 7.05 Å². The Morgan fingerprint density at radius 3 is 2.65 bits per heavy atom. The first-order chi connectivity index (χ1) is 11.1. The zero-order chi connectivity index (χ0) is 16.4. The minimum absolute atomic E-state index is 0.154. The van der Waals surface area contributed by atoms with Gasteiger partial charge in [0.05, 0.1) is 13.2 Å². The van der Waals surface area contributed by atoms with Gasteiger partial charge in [-0.1, -0.05) is 6.07 Å². The monoisotopic (exact) mass is 316 g/mol. The fourth-order valence-corrected chi connectivity index (χ4v) is 3.25. The maximum absolute atomic E-state index is 9.67. The Bertz CT molecular complexity index is 662. The van der Waals surface area contributed by atoms with Crippen LogP contribution in [0, 0.1) is 0 Å². The van der Waals surface area contributed by atoms with Crippen molar-refractivity contribution in [1.29, 1.82) is 0 Å². The maximum Gasteiger partial charge on any atom is 0.231 e. The molecule has 1 aliphatic rings. The topological polar surface area (TPSA) is 63.4 Å². The number of ether oxygens (including phenoxy) is 1. The van der Waals surface area contributed by atoms with Gasteiger partial charge in [-0.25, -0.2) is 0 Å². The highest BCUT2D eigenvalue weighted by Crippen LogP contribution is 2.33. The van der Waals surface area contributed by atoms with Crippen molar-refractivity contribution in [2.24, 2.45) is 7.05 Å². The molecule has 1 aromatic carbocycles. The average molecular weight is 316 g/mol. The SMILES string of the molecule is COc1cccc(N(C)c2nnc(C3CCC(O)CC3)n2C)c1. The van der Waals surface area contributed by atoms with Gasteiger partial charge in [0.1, 0.15) is 11.6 Å². The van der Waals surface area contributed by atoms with E-state index in [9.17, 15) is 5.11 Å². The molecule has 6 heteroatoms. The Hall–Kier alpha value is -2.08. The van der Waals surface area contributed by atoms with E-state index < -0.39 is 0 Å². The first kappa shape index (κ1) is 15.8. The van der Waals surface area contributed by atoms with Gasteiger partial charge in [-0.05, 0) is 37.8 Å². The van der Waals surface area contributed by atoms with E-state index in [1.807, 2.05) is 43.3 Å². The van der Waals surface area contributed by atoms with Crippen LogP contribution in [0.2, 0.25) is 0 Å². The lowest BCUT2D eigenvalue weighted by molar-refractivity contribution is 0.121. The summed E-state index contributed by atoms with van der Waals surface area (Å²) < 4.78 is 7.35. The molecule has 0 atom stereocenters. The molecule has 2 aromatic rings. The molecule has 1 saturated carbocycles. The van der Waals surface area contributed by atoms with Crippen molar-refractivity contribution in [1.82, 2.24) is 14.8 Å². The minimum Gasteiger partial charge on any atom is -0.497 e. The molecule has 0 amide bonds. The molecule has 23 heavy (non-hydrogen) atoms. The van der Waals surface area contributed by atoms with Crippen molar-refractivity contribution in [3.05, 3.63) is 30.1 Å². The van der Waals surface area contributed by atoms with Crippen LogP contribution in [0.3, 0.4) is 0 Å². The lowest BCUT2D eigenvalue weighted by Crippen LogP contribution is -2.20. The Morgan fingerprint density at radius 2 is 1.96 bits per heavy atom. The highest BCUT2D eigenvalue weighted by molar-refractivity contribution is 5.58. The van der Waals surface area contributed by atoms with E-state index in [0.717, 1.165) is 48.9 Å². The van der Waals surface area contributed by atoms with Gasteiger partial charge in [0.15, 0.2) is 0 Å². The van der Waals surface area contributed by atoms with Gasteiger partial charge in [-0.15, -0.1) is 10.2 Å². The molecule has 1 heterocycles. The van der Waals surface area contributed by atoms with Crippen LogP contribution in [0.5, 0.6) is 5.75 Å². The quantitative estimate of drug-likeness (QED) is 0.939. The minimum atomic E-state index is -0.154. The van der Waals surface area contributed by atoms with Crippen LogP contribution in [0.4, 0.5) is 11.6 Å². The molecule has 0 radical (unpaired) electrons. The summed E-state index contributed by atoms with van der Waals surface area (Å²) in [5, 5.41) is 18.5. The van der Waals surface area contributed by atoms with Gasteiger partial charge in [-0.2, -0.15) is 0 Å². The number of aliphatic hydroxyl groups is 1. The molecule has 3 rings (SSSR count). The molecule has 1 N–H and O–H groups in total. The van der Waals surface area contributed by atoms with E-state index in [2.05, 4.69) is 14.8 Å². The Kier molecular flexibility index (Phi) is 4.52. The van der Waals surface area contributed by atoms with Gasteiger partial charge >= 0.3 is 0 Å². The molecule has 1 aliphatic carbocycles. The number of hydrogen-bond donors (Lipinski definition) is 1. The number of anilines is 2. The second kappa shape index (κ2) is 6.58. The lowest BCUT2D eigenvalue weighted by Gasteiger charge is -2.25. The van der Waals surface area contributed by atoms with E-state index in [-0.39, 0.29) is 6.10 Å². The van der Waals surface area contributed by atoms with E-state index in [0.29, 0.717) is 5.92 Å². The average Bonchev–Trinajstić information content (AvgIpc) is 2.96. The summed E-state index contributed by atoms with van der Waals surface area (Å²) >= 11 is 0. The fraction of sp³-hybridized carbons (Fsp3) is 0.529. The van der Waals surface area contributed by atoms with Crippen molar-refractivity contribution in [3.8, 4) is 5.75 Å². The van der Waals surface area contributed by atoms with Crippen LogP contribution >= 0.6 is 0 Å². The van der Waals surface area contributed by atoms with Gasteiger partial charge in [0.2, 0.25) is 5.95 Å². The third-order valence-electron chi connectivity index (χ3n) is 4.69. The van der Waals surface area contributed by atoms with Gasteiger partial charge in [0, 0.05) is 31.8 Å². The predicted octanol–water partition coefficient (Wildman–Crippen LogP) is 2.61. The van der Waals surface area contributed by atoms with E-state index in [1.54, 1.807) is 7.11 Å². The van der Waals surface area contributed by atoms with Gasteiger partial charge < -0.3 is 14.7 Å². The first-order valence-electron chi connectivity index (χ1n) is 8.05. The Morgan fingerprint density at radius 1 is 1.22 bits per heavy atom. The highest BCUT2D eigenvalue weighted by Gasteiger charge is 2.26. The molecule has 0 saturated heterocycles. The number of aromatic nitrogens is 3. The number of rotatable bonds is 4. The van der Waals surface area contributed by atoms with Crippen molar-refractivity contribution < 1.29 is 9.84 Å². The zero-order valence-corrected chi connectivity index (χ0v) is 13.9. The van der Waals surface area contributed by atoms with E-state index >= 15 is 0 Å². The summed E-state index contributed by atoms with van der Waals surface area (Å²) in [5.74, 6) is 3.00. The Balaban J connectivity index is 1.83. The van der Waals surface area contributed by atoms with Crippen LogP contribution < -0.4 is 9.64 Å². The highest BCUT2D eigenvalue weighted by atomic mass is 16.5. The van der Waals surface area contributed by atoms with Crippen LogP contribution in [-0.4, -0.2) is 40.1 Å². The van der Waals surface area contributed by atoms with Gasteiger partial charge in [0.25, 0.3) is 0 Å². The second-order valence-corrected chi connectivity index (χ2v) is 6.18. The van der Waals surface area contributed by atoms with E-state index in [1.165, 1.54) is 0 Å². The van der Waals surface area contributed by atoms with E-state index in [4.69, 9.17) is 4.74 Å². The smallest absolute Gasteiger partial charge is 0.231 e. The van der Waals surface area contributed by atoms with Crippen LogP contribution in [0.1, 0.15) is 37.4 Å². The van der Waals surface area contributed by atoms with Crippen LogP contribution in [0.15, 0.2) is 24.3 Å². The summed E-state index contributed by atoms with van der Waals surface area (Å²) in [6.07, 6.45) is 3.47. The zero-order valence-electron chi connectivity index (χ0n) is 13.9. The number of nitrogens with zero attached hydrogens (tertiary/aromatic N) is 4. The van der Waals surface area contributed by atoms with Crippen molar-refractivity contribution in [2.45, 2.75) is 37.7 Å². The fourth-order valence-electron chi connectivity index (χ4n) is 3.25. The van der Waals surface area contributed by atoms with Crippen molar-refractivity contribution in [2.75, 3.05) is 19.1 Å². The summed E-state index contributed by atoms with van der Waals surface area (Å²) in [7, 11) is 5.65. The normalized spacial score (nSPS) is 21.2. The van der Waals surface area contributed by atoms with Crippen molar-refractivity contribution >= 4 is 11.6 Å². The summed E-state index contributed by atoms with van der Waals surface area (Å²) in [4.78, 5) is 2.01. The maximum atomic E-state index is 9.67. The summed E-state index contributed by atoms with van der Waals surface area (Å²) in [6, 6.07) is 7.89. The largest absolute Gasteiger partial charge is 0.497 e. The molecule has 1 fully saturated rings. The molecule has 0 spiro atoms. The second-order valence-electron chi connectivity index (χ2n) is 6.18. The first-order valence-corrected chi connectivity index (χ1v) is 8.05. The van der Waals surface area contributed by atoms with Crippen molar-refractivity contribution in [3.63, 3.8) is 0 Å². The molecular formula is C17H24N4O2. The number of hydrogen-bond acceptors (Lipinski definition) is 5. The molecule has 0 aliphatic heterocycles. The predicted molar refractivity (Wildman–Crippen MR) is 89.3 cm³/mol. The standard InChI is InChI=1S/C17H24N4O2/c1-20(13-5-4-6-15(11-13)23-3)17-19-18-16(21(17)2)12-7-9-14(22)10-8-12/h4-6,11-12,14,22H,7-10H2,1-3H3. The number of benzene rings is 1. The lowest BCUT2D eigenvalue weighted by atomic mass is 9.87. The molecule has 0 unspecified atom stereocenters.